The second kappa shape index (κ2) is 8.79. The van der Waals surface area contributed by atoms with E-state index < -0.39 is 0 Å². The minimum atomic E-state index is -0.0927. The van der Waals surface area contributed by atoms with Crippen molar-refractivity contribution in [3.8, 4) is 5.75 Å². The molecule has 2 saturated heterocycles. The van der Waals surface area contributed by atoms with Gasteiger partial charge in [-0.2, -0.15) is 0 Å². The standard InChI is InChI=1S/C25H31N3O3/c1-16-17(2)24(31-4)11-9-21(16)23-7-5-6-20-15-27(12-13-28(20)23)25(30)19-8-10-22(18(3)29)26-14-19/h8-11,14,20,23H,5-7,12-13,15H2,1-4H3/t20-,23+/m0/s1. The van der Waals surface area contributed by atoms with E-state index in [1.54, 1.807) is 19.2 Å². The molecule has 0 bridgehead atoms. The highest BCUT2D eigenvalue weighted by Crippen LogP contribution is 2.39. The normalized spacial score (nSPS) is 21.5. The van der Waals surface area contributed by atoms with E-state index in [0.29, 0.717) is 29.9 Å². The lowest BCUT2D eigenvalue weighted by Gasteiger charge is -2.48. The molecule has 2 aromatic rings. The molecule has 164 valence electrons. The third-order valence-corrected chi connectivity index (χ3v) is 6.96. The first kappa shape index (κ1) is 21.5. The van der Waals surface area contributed by atoms with Gasteiger partial charge in [-0.05, 0) is 68.0 Å². The molecule has 6 nitrogen and oxygen atoms in total. The van der Waals surface area contributed by atoms with E-state index in [-0.39, 0.29) is 11.7 Å². The van der Waals surface area contributed by atoms with Crippen LogP contribution in [0.3, 0.4) is 0 Å². The maximum Gasteiger partial charge on any atom is 0.255 e. The largest absolute Gasteiger partial charge is 0.496 e. The summed E-state index contributed by atoms with van der Waals surface area (Å²) in [6.07, 6.45) is 4.94. The van der Waals surface area contributed by atoms with Crippen LogP contribution in [0.15, 0.2) is 30.5 Å². The molecule has 0 spiro atoms. The first-order chi connectivity index (χ1) is 14.9. The highest BCUT2D eigenvalue weighted by Gasteiger charge is 2.37. The maximum absolute atomic E-state index is 13.0. The predicted octanol–water partition coefficient (Wildman–Crippen LogP) is 3.96. The van der Waals surface area contributed by atoms with Gasteiger partial charge in [0.05, 0.1) is 12.7 Å². The van der Waals surface area contributed by atoms with Gasteiger partial charge in [0.1, 0.15) is 11.4 Å². The number of piperidine rings is 1. The smallest absolute Gasteiger partial charge is 0.255 e. The number of Topliss-reactive ketones (excluding diaryl/α,β-unsaturated/α-hetero) is 1. The van der Waals surface area contributed by atoms with Crippen molar-refractivity contribution >= 4 is 11.7 Å². The molecule has 1 aromatic heterocycles. The Bertz CT molecular complexity index is 986. The predicted molar refractivity (Wildman–Crippen MR) is 120 cm³/mol. The molecule has 2 aliphatic rings. The van der Waals surface area contributed by atoms with Crippen molar-refractivity contribution in [2.45, 2.75) is 52.1 Å². The number of pyridine rings is 1. The molecule has 6 heteroatoms. The second-order valence-electron chi connectivity index (χ2n) is 8.68. The fraction of sp³-hybridized carbons (Fsp3) is 0.480. The molecule has 0 unspecified atom stereocenters. The number of carbonyl (C=O) groups excluding carboxylic acids is 2. The molecular formula is C25H31N3O3. The third kappa shape index (κ3) is 4.09. The van der Waals surface area contributed by atoms with Crippen LogP contribution in [0.2, 0.25) is 0 Å². The van der Waals surface area contributed by atoms with Gasteiger partial charge in [0.25, 0.3) is 5.91 Å². The Labute approximate surface area is 184 Å². The van der Waals surface area contributed by atoms with Crippen LogP contribution < -0.4 is 4.74 Å². The average Bonchev–Trinajstić information content (AvgIpc) is 2.79. The lowest BCUT2D eigenvalue weighted by atomic mass is 9.86. The van der Waals surface area contributed by atoms with Gasteiger partial charge in [-0.25, -0.2) is 0 Å². The molecule has 0 aliphatic carbocycles. The van der Waals surface area contributed by atoms with Gasteiger partial charge in [0, 0.05) is 44.8 Å². The number of methoxy groups -OCH3 is 1. The number of piperazine rings is 1. The van der Waals surface area contributed by atoms with Crippen LogP contribution in [-0.4, -0.2) is 59.3 Å². The van der Waals surface area contributed by atoms with E-state index >= 15 is 0 Å². The SMILES string of the molecule is COc1ccc([C@H]2CCC[C@H]3CN(C(=O)c4ccc(C(C)=O)nc4)CCN32)c(C)c1C. The summed E-state index contributed by atoms with van der Waals surface area (Å²) >= 11 is 0. The van der Waals surface area contributed by atoms with Crippen molar-refractivity contribution < 1.29 is 14.3 Å². The molecule has 0 radical (unpaired) electrons. The van der Waals surface area contributed by atoms with E-state index in [9.17, 15) is 9.59 Å². The van der Waals surface area contributed by atoms with Crippen molar-refractivity contribution in [3.63, 3.8) is 0 Å². The number of benzene rings is 1. The van der Waals surface area contributed by atoms with E-state index in [0.717, 1.165) is 38.1 Å². The monoisotopic (exact) mass is 421 g/mol. The van der Waals surface area contributed by atoms with Crippen molar-refractivity contribution in [2.24, 2.45) is 0 Å². The number of ketones is 1. The van der Waals surface area contributed by atoms with Gasteiger partial charge in [0.2, 0.25) is 0 Å². The lowest BCUT2D eigenvalue weighted by molar-refractivity contribution is 0.0101. The first-order valence-corrected chi connectivity index (χ1v) is 11.1. The van der Waals surface area contributed by atoms with E-state index in [1.807, 2.05) is 4.90 Å². The zero-order chi connectivity index (χ0) is 22.1. The van der Waals surface area contributed by atoms with Crippen LogP contribution in [-0.2, 0) is 0 Å². The molecule has 4 rings (SSSR count). The number of ether oxygens (including phenoxy) is 1. The summed E-state index contributed by atoms with van der Waals surface area (Å²) in [5, 5.41) is 0. The fourth-order valence-corrected chi connectivity index (χ4v) is 5.08. The molecular weight excluding hydrogens is 390 g/mol. The van der Waals surface area contributed by atoms with Crippen LogP contribution in [0.5, 0.6) is 5.75 Å². The Balaban J connectivity index is 1.50. The topological polar surface area (TPSA) is 62.7 Å². The number of amides is 1. The summed E-state index contributed by atoms with van der Waals surface area (Å²) in [4.78, 5) is 33.2. The van der Waals surface area contributed by atoms with Gasteiger partial charge >= 0.3 is 0 Å². The highest BCUT2D eigenvalue weighted by molar-refractivity contribution is 5.96. The summed E-state index contributed by atoms with van der Waals surface area (Å²) in [5.41, 5.74) is 4.83. The summed E-state index contributed by atoms with van der Waals surface area (Å²) in [6.45, 7) is 8.10. The molecule has 31 heavy (non-hydrogen) atoms. The Morgan fingerprint density at radius 1 is 1.06 bits per heavy atom. The quantitative estimate of drug-likeness (QED) is 0.699. The summed E-state index contributed by atoms with van der Waals surface area (Å²) < 4.78 is 5.50. The molecule has 0 N–H and O–H groups in total. The number of carbonyl (C=O) groups is 2. The lowest BCUT2D eigenvalue weighted by Crippen LogP contribution is -2.57. The van der Waals surface area contributed by atoms with Crippen molar-refractivity contribution in [2.75, 3.05) is 26.7 Å². The van der Waals surface area contributed by atoms with Gasteiger partial charge < -0.3 is 9.64 Å². The van der Waals surface area contributed by atoms with Gasteiger partial charge in [-0.3, -0.25) is 19.5 Å². The van der Waals surface area contributed by atoms with Crippen molar-refractivity contribution in [3.05, 3.63) is 58.4 Å². The Kier molecular flexibility index (Phi) is 6.10. The molecule has 2 atom stereocenters. The van der Waals surface area contributed by atoms with Gasteiger partial charge in [-0.15, -0.1) is 0 Å². The summed E-state index contributed by atoms with van der Waals surface area (Å²) in [7, 11) is 1.72. The number of fused-ring (bicyclic) bond motifs is 1. The summed E-state index contributed by atoms with van der Waals surface area (Å²) in [5.74, 6) is 0.846. The van der Waals surface area contributed by atoms with Crippen molar-refractivity contribution in [1.29, 1.82) is 0 Å². The number of hydrogen-bond acceptors (Lipinski definition) is 5. The minimum Gasteiger partial charge on any atom is -0.496 e. The Hall–Kier alpha value is -2.73. The molecule has 1 amide bonds. The zero-order valence-corrected chi connectivity index (χ0v) is 18.9. The van der Waals surface area contributed by atoms with Gasteiger partial charge in [0.15, 0.2) is 5.78 Å². The number of hydrogen-bond donors (Lipinski definition) is 0. The van der Waals surface area contributed by atoms with Crippen LogP contribution in [0.4, 0.5) is 0 Å². The second-order valence-corrected chi connectivity index (χ2v) is 8.68. The molecule has 3 heterocycles. The Morgan fingerprint density at radius 2 is 1.87 bits per heavy atom. The number of nitrogens with zero attached hydrogens (tertiary/aromatic N) is 3. The fourth-order valence-electron chi connectivity index (χ4n) is 5.08. The summed E-state index contributed by atoms with van der Waals surface area (Å²) in [6, 6.07) is 8.40. The number of aromatic nitrogens is 1. The third-order valence-electron chi connectivity index (χ3n) is 6.96. The van der Waals surface area contributed by atoms with Crippen LogP contribution >= 0.6 is 0 Å². The van der Waals surface area contributed by atoms with E-state index in [2.05, 4.69) is 35.9 Å². The van der Waals surface area contributed by atoms with Crippen LogP contribution in [0.25, 0.3) is 0 Å². The maximum atomic E-state index is 13.0. The molecule has 0 saturated carbocycles. The molecule has 2 fully saturated rings. The first-order valence-electron chi connectivity index (χ1n) is 11.1. The Morgan fingerprint density at radius 3 is 2.55 bits per heavy atom. The van der Waals surface area contributed by atoms with Crippen LogP contribution in [0, 0.1) is 13.8 Å². The van der Waals surface area contributed by atoms with E-state index in [4.69, 9.17) is 4.74 Å². The van der Waals surface area contributed by atoms with E-state index in [1.165, 1.54) is 29.8 Å². The number of rotatable bonds is 4. The van der Waals surface area contributed by atoms with Crippen LogP contribution in [0.1, 0.15) is 69.8 Å². The average molecular weight is 422 g/mol. The van der Waals surface area contributed by atoms with Crippen molar-refractivity contribution in [1.82, 2.24) is 14.8 Å². The van der Waals surface area contributed by atoms with Gasteiger partial charge in [-0.1, -0.05) is 6.07 Å². The molecule has 2 aliphatic heterocycles. The minimum absolute atomic E-state index is 0.000785. The molecule has 1 aromatic carbocycles. The highest BCUT2D eigenvalue weighted by atomic mass is 16.5. The zero-order valence-electron chi connectivity index (χ0n) is 18.9.